The lowest BCUT2D eigenvalue weighted by Crippen LogP contribution is -1.95. The molecule has 3 aromatic carbocycles. The lowest BCUT2D eigenvalue weighted by molar-refractivity contribution is 0.416. The number of hydrogen-bond donors (Lipinski definition) is 0. The smallest absolute Gasteiger partial charge is 0.126 e. The topological polar surface area (TPSA) is 31.4 Å². The van der Waals surface area contributed by atoms with Gasteiger partial charge in [0.2, 0.25) is 0 Å². The van der Waals surface area contributed by atoms with Gasteiger partial charge in [0.1, 0.15) is 11.5 Å². The molecule has 0 aliphatic carbocycles. The van der Waals surface area contributed by atoms with Crippen molar-refractivity contribution in [2.45, 2.75) is 0 Å². The average molecular weight is 367 g/mol. The lowest BCUT2D eigenvalue weighted by atomic mass is 9.89. The highest BCUT2D eigenvalue weighted by atomic mass is 16.5. The highest BCUT2D eigenvalue weighted by Crippen LogP contribution is 2.44. The zero-order valence-corrected chi connectivity index (χ0v) is 15.9. The molecule has 0 saturated carbocycles. The van der Waals surface area contributed by atoms with Crippen LogP contribution in [0.1, 0.15) is 0 Å². The van der Waals surface area contributed by atoms with Crippen LogP contribution >= 0.6 is 0 Å². The molecule has 1 aromatic heterocycles. The second kappa shape index (κ2) is 7.97. The van der Waals surface area contributed by atoms with Gasteiger partial charge in [0.25, 0.3) is 0 Å². The number of aromatic nitrogens is 1. The van der Waals surface area contributed by atoms with Crippen molar-refractivity contribution in [1.29, 1.82) is 0 Å². The van der Waals surface area contributed by atoms with E-state index in [4.69, 9.17) is 9.47 Å². The third kappa shape index (κ3) is 3.23. The van der Waals surface area contributed by atoms with E-state index in [-0.39, 0.29) is 0 Å². The number of rotatable bonds is 5. The Balaban J connectivity index is 2.06. The van der Waals surface area contributed by atoms with Crippen LogP contribution in [-0.2, 0) is 0 Å². The van der Waals surface area contributed by atoms with E-state index in [0.717, 1.165) is 45.0 Å². The standard InChI is InChI=1S/C25H21NO2/c1-27-23-15-5-3-10-18(23)20-12-9-13-21(19-11-4-6-16-24(19)28-2)25(20)22-14-7-8-17-26-22/h3-17H,1-2H3. The van der Waals surface area contributed by atoms with Crippen LogP contribution in [0.3, 0.4) is 0 Å². The fourth-order valence-corrected chi connectivity index (χ4v) is 3.52. The molecule has 4 aromatic rings. The van der Waals surface area contributed by atoms with E-state index >= 15 is 0 Å². The maximum Gasteiger partial charge on any atom is 0.126 e. The van der Waals surface area contributed by atoms with E-state index in [2.05, 4.69) is 35.3 Å². The molecule has 4 rings (SSSR count). The summed E-state index contributed by atoms with van der Waals surface area (Å²) in [5.41, 5.74) is 6.16. The molecule has 0 atom stereocenters. The van der Waals surface area contributed by atoms with Crippen molar-refractivity contribution in [2.24, 2.45) is 0 Å². The van der Waals surface area contributed by atoms with Crippen LogP contribution < -0.4 is 9.47 Å². The molecule has 0 spiro atoms. The zero-order valence-electron chi connectivity index (χ0n) is 15.9. The Kier molecular flexibility index (Phi) is 5.07. The molecule has 0 aliphatic heterocycles. The maximum atomic E-state index is 5.64. The summed E-state index contributed by atoms with van der Waals surface area (Å²) in [6.07, 6.45) is 1.82. The molecule has 0 saturated heterocycles. The van der Waals surface area contributed by atoms with Gasteiger partial charge in [-0.2, -0.15) is 0 Å². The van der Waals surface area contributed by atoms with Gasteiger partial charge in [-0.25, -0.2) is 0 Å². The molecule has 0 fully saturated rings. The largest absolute Gasteiger partial charge is 0.496 e. The molecule has 28 heavy (non-hydrogen) atoms. The van der Waals surface area contributed by atoms with Crippen LogP contribution in [0.4, 0.5) is 0 Å². The SMILES string of the molecule is COc1ccccc1-c1cccc(-c2ccccc2OC)c1-c1ccccn1. The Bertz CT molecular complexity index is 1020. The predicted octanol–water partition coefficient (Wildman–Crippen LogP) is 6.10. The van der Waals surface area contributed by atoms with Crippen molar-refractivity contribution in [3.05, 3.63) is 91.1 Å². The van der Waals surface area contributed by atoms with Gasteiger partial charge < -0.3 is 9.47 Å². The molecular weight excluding hydrogens is 346 g/mol. The second-order valence-electron chi connectivity index (χ2n) is 6.34. The lowest BCUT2D eigenvalue weighted by Gasteiger charge is -2.18. The van der Waals surface area contributed by atoms with Crippen molar-refractivity contribution in [1.82, 2.24) is 4.98 Å². The Morgan fingerprint density at radius 1 is 0.536 bits per heavy atom. The van der Waals surface area contributed by atoms with Crippen molar-refractivity contribution in [3.8, 4) is 45.0 Å². The maximum absolute atomic E-state index is 5.64. The van der Waals surface area contributed by atoms with Gasteiger partial charge in [-0.05, 0) is 35.4 Å². The first kappa shape index (κ1) is 17.8. The average Bonchev–Trinajstić information content (AvgIpc) is 2.79. The summed E-state index contributed by atoms with van der Waals surface area (Å²) in [5.74, 6) is 1.66. The zero-order chi connectivity index (χ0) is 19.3. The van der Waals surface area contributed by atoms with Crippen LogP contribution in [0.25, 0.3) is 33.5 Å². The summed E-state index contributed by atoms with van der Waals surface area (Å²) < 4.78 is 11.3. The number of methoxy groups -OCH3 is 2. The van der Waals surface area contributed by atoms with E-state index in [1.54, 1.807) is 14.2 Å². The molecule has 3 heteroatoms. The van der Waals surface area contributed by atoms with Gasteiger partial charge in [0, 0.05) is 22.9 Å². The van der Waals surface area contributed by atoms with Crippen molar-refractivity contribution in [3.63, 3.8) is 0 Å². The van der Waals surface area contributed by atoms with Crippen molar-refractivity contribution in [2.75, 3.05) is 14.2 Å². The summed E-state index contributed by atoms with van der Waals surface area (Å²) in [7, 11) is 3.40. The quantitative estimate of drug-likeness (QED) is 0.427. The molecule has 0 unspecified atom stereocenters. The van der Waals surface area contributed by atoms with Gasteiger partial charge in [-0.15, -0.1) is 0 Å². The van der Waals surface area contributed by atoms with E-state index in [1.165, 1.54) is 0 Å². The van der Waals surface area contributed by atoms with Crippen LogP contribution in [0, 0.1) is 0 Å². The summed E-state index contributed by atoms with van der Waals surface area (Å²) in [5, 5.41) is 0. The Hall–Kier alpha value is -3.59. The number of benzene rings is 3. The van der Waals surface area contributed by atoms with E-state index in [9.17, 15) is 0 Å². The number of pyridine rings is 1. The van der Waals surface area contributed by atoms with Crippen molar-refractivity contribution < 1.29 is 9.47 Å². The summed E-state index contributed by atoms with van der Waals surface area (Å²) in [4.78, 5) is 4.65. The minimum absolute atomic E-state index is 0.830. The van der Waals surface area contributed by atoms with Crippen LogP contribution in [0.15, 0.2) is 91.1 Å². The molecule has 3 nitrogen and oxygen atoms in total. The second-order valence-corrected chi connectivity index (χ2v) is 6.34. The van der Waals surface area contributed by atoms with Gasteiger partial charge in [-0.1, -0.05) is 60.7 Å². The first-order valence-electron chi connectivity index (χ1n) is 9.14. The molecular formula is C25H21NO2. The molecule has 0 amide bonds. The monoisotopic (exact) mass is 367 g/mol. The number of ether oxygens (including phenoxy) is 2. The normalized spacial score (nSPS) is 10.5. The number of nitrogens with zero attached hydrogens (tertiary/aromatic N) is 1. The molecule has 0 N–H and O–H groups in total. The molecule has 0 radical (unpaired) electrons. The van der Waals surface area contributed by atoms with Gasteiger partial charge in [0.15, 0.2) is 0 Å². The number of para-hydroxylation sites is 2. The van der Waals surface area contributed by atoms with Gasteiger partial charge in [-0.3, -0.25) is 4.98 Å². The molecule has 138 valence electrons. The third-order valence-corrected chi connectivity index (χ3v) is 4.78. The fourth-order valence-electron chi connectivity index (χ4n) is 3.52. The van der Waals surface area contributed by atoms with Crippen LogP contribution in [0.5, 0.6) is 11.5 Å². The number of hydrogen-bond acceptors (Lipinski definition) is 3. The fraction of sp³-hybridized carbons (Fsp3) is 0.0800. The van der Waals surface area contributed by atoms with Gasteiger partial charge in [0.05, 0.1) is 19.9 Å². The Morgan fingerprint density at radius 2 is 1.04 bits per heavy atom. The predicted molar refractivity (Wildman–Crippen MR) is 114 cm³/mol. The van der Waals surface area contributed by atoms with Gasteiger partial charge >= 0.3 is 0 Å². The van der Waals surface area contributed by atoms with E-state index < -0.39 is 0 Å². The summed E-state index contributed by atoms with van der Waals surface area (Å²) in [6, 6.07) is 28.4. The molecule has 0 aliphatic rings. The molecule has 0 bridgehead atoms. The first-order chi connectivity index (χ1) is 13.8. The third-order valence-electron chi connectivity index (χ3n) is 4.78. The summed E-state index contributed by atoms with van der Waals surface area (Å²) >= 11 is 0. The Labute approximate surface area is 165 Å². The Morgan fingerprint density at radius 3 is 1.54 bits per heavy atom. The first-order valence-corrected chi connectivity index (χ1v) is 9.14. The highest BCUT2D eigenvalue weighted by Gasteiger charge is 2.18. The van der Waals surface area contributed by atoms with Crippen LogP contribution in [-0.4, -0.2) is 19.2 Å². The minimum atomic E-state index is 0.830. The van der Waals surface area contributed by atoms with Crippen LogP contribution in [0.2, 0.25) is 0 Å². The van der Waals surface area contributed by atoms with E-state index in [0.29, 0.717) is 0 Å². The van der Waals surface area contributed by atoms with Crippen molar-refractivity contribution >= 4 is 0 Å². The molecule has 1 heterocycles. The summed E-state index contributed by atoms with van der Waals surface area (Å²) in [6.45, 7) is 0. The minimum Gasteiger partial charge on any atom is -0.496 e. The highest BCUT2D eigenvalue weighted by molar-refractivity contribution is 5.95. The van der Waals surface area contributed by atoms with E-state index in [1.807, 2.05) is 60.8 Å².